The van der Waals surface area contributed by atoms with Gasteiger partial charge in [-0.25, -0.2) is 9.37 Å². The molecule has 156 valence electrons. The molecule has 3 rings (SSSR count). The highest BCUT2D eigenvalue weighted by molar-refractivity contribution is 5.75. The number of rotatable bonds is 8. The summed E-state index contributed by atoms with van der Waals surface area (Å²) in [4.78, 5) is 18.8. The van der Waals surface area contributed by atoms with E-state index < -0.39 is 0 Å². The van der Waals surface area contributed by atoms with Gasteiger partial charge in [-0.1, -0.05) is 12.1 Å². The van der Waals surface area contributed by atoms with Gasteiger partial charge in [0.05, 0.1) is 18.8 Å². The van der Waals surface area contributed by atoms with Gasteiger partial charge in [0.2, 0.25) is 5.91 Å². The first-order valence-corrected chi connectivity index (χ1v) is 10.00. The summed E-state index contributed by atoms with van der Waals surface area (Å²) in [6, 6.07) is 9.95. The van der Waals surface area contributed by atoms with Crippen molar-refractivity contribution in [1.29, 1.82) is 0 Å². The average Bonchev–Trinajstić information content (AvgIpc) is 2.69. The number of hydrogen-bond acceptors (Lipinski definition) is 5. The van der Waals surface area contributed by atoms with Gasteiger partial charge in [-0.05, 0) is 44.0 Å². The van der Waals surface area contributed by atoms with Crippen LogP contribution in [0.15, 0.2) is 42.6 Å². The van der Waals surface area contributed by atoms with E-state index in [4.69, 9.17) is 9.47 Å². The lowest BCUT2D eigenvalue weighted by Gasteiger charge is -2.36. The van der Waals surface area contributed by atoms with E-state index in [1.54, 1.807) is 18.3 Å². The second-order valence-electron chi connectivity index (χ2n) is 7.37. The molecule has 1 aliphatic heterocycles. The van der Waals surface area contributed by atoms with Gasteiger partial charge in [-0.15, -0.1) is 0 Å². The summed E-state index contributed by atoms with van der Waals surface area (Å²) in [5.41, 5.74) is 0.951. The van der Waals surface area contributed by atoms with Crippen LogP contribution in [0.5, 0.6) is 5.75 Å². The van der Waals surface area contributed by atoms with E-state index in [0.29, 0.717) is 31.7 Å². The highest BCUT2D eigenvalue weighted by atomic mass is 19.1. The molecule has 2 atom stereocenters. The first-order valence-electron chi connectivity index (χ1n) is 10.00. The molecule has 1 aliphatic rings. The van der Waals surface area contributed by atoms with Crippen molar-refractivity contribution in [3.05, 3.63) is 54.0 Å². The molecular weight excluding hydrogens is 373 g/mol. The standard InChI is InChI=1S/C22H28FN3O3/c1-16-14-26(15-17(2)29-16)21-9-8-18(12-24-21)13-25-22(27)7-4-10-28-20-6-3-5-19(23)11-20/h3,5-6,8-9,11-12,16-17H,4,7,10,13-15H2,1-2H3,(H,25,27). The second kappa shape index (κ2) is 10.2. The van der Waals surface area contributed by atoms with Crippen LogP contribution >= 0.6 is 0 Å². The first-order chi connectivity index (χ1) is 14.0. The predicted octanol–water partition coefficient (Wildman–Crippen LogP) is 3.31. The monoisotopic (exact) mass is 401 g/mol. The molecule has 0 radical (unpaired) electrons. The zero-order chi connectivity index (χ0) is 20.6. The smallest absolute Gasteiger partial charge is 0.220 e. The summed E-state index contributed by atoms with van der Waals surface area (Å²) in [5.74, 6) is 1.02. The number of nitrogens with zero attached hydrogens (tertiary/aromatic N) is 2. The third-order valence-electron chi connectivity index (χ3n) is 4.66. The second-order valence-corrected chi connectivity index (χ2v) is 7.37. The van der Waals surface area contributed by atoms with Crippen molar-refractivity contribution < 1.29 is 18.7 Å². The molecule has 1 fully saturated rings. The molecule has 1 aromatic heterocycles. The molecule has 7 heteroatoms. The molecule has 6 nitrogen and oxygen atoms in total. The molecule has 2 unspecified atom stereocenters. The maximum Gasteiger partial charge on any atom is 0.220 e. The Hall–Kier alpha value is -2.67. The van der Waals surface area contributed by atoms with Crippen molar-refractivity contribution in [1.82, 2.24) is 10.3 Å². The molecule has 0 bridgehead atoms. The number of morpholine rings is 1. The summed E-state index contributed by atoms with van der Waals surface area (Å²) in [6.07, 6.45) is 3.08. The fourth-order valence-electron chi connectivity index (χ4n) is 3.34. The molecule has 1 saturated heterocycles. The van der Waals surface area contributed by atoms with Crippen LogP contribution in [0.2, 0.25) is 0 Å². The van der Waals surface area contributed by atoms with Crippen LogP contribution < -0.4 is 15.0 Å². The molecule has 2 heterocycles. The highest BCUT2D eigenvalue weighted by Gasteiger charge is 2.22. The Morgan fingerprint density at radius 3 is 2.76 bits per heavy atom. The minimum absolute atomic E-state index is 0.0484. The third-order valence-corrected chi connectivity index (χ3v) is 4.66. The number of carbonyl (C=O) groups excluding carboxylic acids is 1. The lowest BCUT2D eigenvalue weighted by atomic mass is 10.2. The first kappa shape index (κ1) is 21.0. The van der Waals surface area contributed by atoms with Crippen molar-refractivity contribution >= 4 is 11.7 Å². The molecular formula is C22H28FN3O3. The number of nitrogens with one attached hydrogen (secondary N) is 1. The zero-order valence-corrected chi connectivity index (χ0v) is 16.9. The number of amides is 1. The number of ether oxygens (including phenoxy) is 2. The Kier molecular flexibility index (Phi) is 7.41. The largest absolute Gasteiger partial charge is 0.493 e. The molecule has 0 aliphatic carbocycles. The molecule has 1 aromatic carbocycles. The zero-order valence-electron chi connectivity index (χ0n) is 16.9. The van der Waals surface area contributed by atoms with E-state index in [1.165, 1.54) is 12.1 Å². The summed E-state index contributed by atoms with van der Waals surface area (Å²) >= 11 is 0. The third kappa shape index (κ3) is 6.71. The van der Waals surface area contributed by atoms with Gasteiger partial charge in [0.25, 0.3) is 0 Å². The van der Waals surface area contributed by atoms with Gasteiger partial charge in [-0.2, -0.15) is 0 Å². The molecule has 2 aromatic rings. The fraction of sp³-hybridized carbons (Fsp3) is 0.455. The summed E-state index contributed by atoms with van der Waals surface area (Å²) < 4.78 is 24.3. The van der Waals surface area contributed by atoms with Gasteiger partial charge >= 0.3 is 0 Å². The minimum atomic E-state index is -0.336. The van der Waals surface area contributed by atoms with E-state index in [9.17, 15) is 9.18 Å². The molecule has 0 saturated carbocycles. The van der Waals surface area contributed by atoms with E-state index in [-0.39, 0.29) is 23.9 Å². The van der Waals surface area contributed by atoms with E-state index in [2.05, 4.69) is 29.0 Å². The van der Waals surface area contributed by atoms with Crippen molar-refractivity contribution in [3.8, 4) is 5.75 Å². The van der Waals surface area contributed by atoms with Crippen LogP contribution in [-0.4, -0.2) is 42.8 Å². The van der Waals surface area contributed by atoms with Gasteiger partial charge < -0.3 is 19.7 Å². The van der Waals surface area contributed by atoms with Crippen LogP contribution in [0.4, 0.5) is 10.2 Å². The summed E-state index contributed by atoms with van der Waals surface area (Å²) in [6.45, 7) is 6.58. The predicted molar refractivity (Wildman–Crippen MR) is 109 cm³/mol. The number of aromatic nitrogens is 1. The van der Waals surface area contributed by atoms with Crippen LogP contribution in [0, 0.1) is 5.82 Å². The summed E-state index contributed by atoms with van der Waals surface area (Å²) in [7, 11) is 0. The molecule has 1 N–H and O–H groups in total. The van der Waals surface area contributed by atoms with Crippen LogP contribution in [0.1, 0.15) is 32.3 Å². The Balaban J connectivity index is 1.36. The van der Waals surface area contributed by atoms with Crippen LogP contribution in [-0.2, 0) is 16.1 Å². The average molecular weight is 401 g/mol. The van der Waals surface area contributed by atoms with E-state index in [1.807, 2.05) is 12.1 Å². The van der Waals surface area contributed by atoms with E-state index in [0.717, 1.165) is 24.5 Å². The topological polar surface area (TPSA) is 63.7 Å². The Bertz CT molecular complexity index is 790. The van der Waals surface area contributed by atoms with Crippen LogP contribution in [0.25, 0.3) is 0 Å². The van der Waals surface area contributed by atoms with E-state index >= 15 is 0 Å². The maximum absolute atomic E-state index is 13.1. The minimum Gasteiger partial charge on any atom is -0.493 e. The van der Waals surface area contributed by atoms with Gasteiger partial charge in [0, 0.05) is 38.3 Å². The van der Waals surface area contributed by atoms with Crippen molar-refractivity contribution in [2.24, 2.45) is 0 Å². The Morgan fingerprint density at radius 1 is 1.28 bits per heavy atom. The SMILES string of the molecule is CC1CN(c2ccc(CNC(=O)CCCOc3cccc(F)c3)cn2)CC(C)O1. The number of pyridine rings is 1. The van der Waals surface area contributed by atoms with Crippen LogP contribution in [0.3, 0.4) is 0 Å². The molecule has 0 spiro atoms. The normalized spacial score (nSPS) is 19.1. The lowest BCUT2D eigenvalue weighted by molar-refractivity contribution is -0.121. The van der Waals surface area contributed by atoms with Crippen molar-refractivity contribution in [3.63, 3.8) is 0 Å². The molecule has 29 heavy (non-hydrogen) atoms. The van der Waals surface area contributed by atoms with Gasteiger partial charge in [0.1, 0.15) is 17.4 Å². The number of anilines is 1. The fourth-order valence-corrected chi connectivity index (χ4v) is 3.34. The molecule has 1 amide bonds. The lowest BCUT2D eigenvalue weighted by Crippen LogP contribution is -2.45. The quantitative estimate of drug-likeness (QED) is 0.688. The summed E-state index contributed by atoms with van der Waals surface area (Å²) in [5, 5.41) is 2.89. The van der Waals surface area contributed by atoms with Gasteiger partial charge in [-0.3, -0.25) is 4.79 Å². The number of carbonyl (C=O) groups is 1. The van der Waals surface area contributed by atoms with Crippen molar-refractivity contribution in [2.75, 3.05) is 24.6 Å². The number of halogens is 1. The Morgan fingerprint density at radius 2 is 2.07 bits per heavy atom. The van der Waals surface area contributed by atoms with Crippen molar-refractivity contribution in [2.45, 2.75) is 45.4 Å². The number of benzene rings is 1. The van der Waals surface area contributed by atoms with Gasteiger partial charge in [0.15, 0.2) is 0 Å². The number of hydrogen-bond donors (Lipinski definition) is 1. The maximum atomic E-state index is 13.1. The highest BCUT2D eigenvalue weighted by Crippen LogP contribution is 2.18. The Labute approximate surface area is 171 Å².